The Morgan fingerprint density at radius 2 is 1.79 bits per heavy atom. The Bertz CT molecular complexity index is 975. The fourth-order valence-corrected chi connectivity index (χ4v) is 3.79. The number of hydrogen-bond donors (Lipinski definition) is 0. The molecule has 6 nitrogen and oxygen atoms in total. The average Bonchev–Trinajstić information content (AvgIpc) is 2.95. The van der Waals surface area contributed by atoms with Crippen LogP contribution in [0.5, 0.6) is 0 Å². The van der Waals surface area contributed by atoms with Gasteiger partial charge in [-0.15, -0.1) is 0 Å². The molecule has 146 valence electrons. The first-order valence-corrected chi connectivity index (χ1v) is 9.56. The van der Waals surface area contributed by atoms with E-state index in [1.54, 1.807) is 18.5 Å². The summed E-state index contributed by atoms with van der Waals surface area (Å²) in [6.07, 6.45) is 3.36. The van der Waals surface area contributed by atoms with Gasteiger partial charge in [-0.2, -0.15) is 5.10 Å². The van der Waals surface area contributed by atoms with Crippen LogP contribution in [-0.2, 0) is 13.6 Å². The minimum absolute atomic E-state index is 0.263. The molecule has 0 saturated carbocycles. The molecular formula is C21H25FN6. The fraction of sp³-hybridized carbons (Fsp3) is 0.381. The van der Waals surface area contributed by atoms with Crippen LogP contribution in [0.3, 0.4) is 0 Å². The highest BCUT2D eigenvalue weighted by molar-refractivity contribution is 5.72. The molecule has 1 fully saturated rings. The van der Waals surface area contributed by atoms with Gasteiger partial charge in [-0.1, -0.05) is 12.1 Å². The third kappa shape index (κ3) is 3.62. The van der Waals surface area contributed by atoms with Gasteiger partial charge in [0.25, 0.3) is 0 Å². The van der Waals surface area contributed by atoms with E-state index in [9.17, 15) is 4.39 Å². The lowest BCUT2D eigenvalue weighted by Crippen LogP contribution is -2.46. The maximum Gasteiger partial charge on any atom is 0.155 e. The van der Waals surface area contributed by atoms with E-state index in [1.165, 1.54) is 23.4 Å². The Balaban J connectivity index is 1.49. The van der Waals surface area contributed by atoms with Crippen LogP contribution in [0.2, 0.25) is 0 Å². The predicted octanol–water partition coefficient (Wildman–Crippen LogP) is 2.96. The van der Waals surface area contributed by atoms with E-state index in [4.69, 9.17) is 0 Å². The van der Waals surface area contributed by atoms with Crippen LogP contribution in [0.4, 0.5) is 10.2 Å². The summed E-state index contributed by atoms with van der Waals surface area (Å²) in [5.74, 6) is 0.558. The lowest BCUT2D eigenvalue weighted by molar-refractivity contribution is 0.248. The number of hydrogen-bond acceptors (Lipinski definition) is 5. The SMILES string of the molecule is Cc1nn(C)c(C)c1CN1CCN(c2nccnc2-c2cccc(F)c2)CC1. The van der Waals surface area contributed by atoms with Gasteiger partial charge in [0.2, 0.25) is 0 Å². The first-order chi connectivity index (χ1) is 13.5. The van der Waals surface area contributed by atoms with Crippen molar-refractivity contribution in [3.63, 3.8) is 0 Å². The van der Waals surface area contributed by atoms with Crippen molar-refractivity contribution in [2.45, 2.75) is 20.4 Å². The quantitative estimate of drug-likeness (QED) is 0.697. The smallest absolute Gasteiger partial charge is 0.155 e. The summed E-state index contributed by atoms with van der Waals surface area (Å²) >= 11 is 0. The summed E-state index contributed by atoms with van der Waals surface area (Å²) in [5, 5.41) is 4.52. The third-order valence-electron chi connectivity index (χ3n) is 5.49. The molecule has 0 unspecified atom stereocenters. The molecule has 0 spiro atoms. The molecule has 7 heteroatoms. The number of piperazine rings is 1. The molecule has 2 aromatic heterocycles. The van der Waals surface area contributed by atoms with E-state index in [1.807, 2.05) is 17.8 Å². The average molecular weight is 380 g/mol. The molecule has 0 atom stereocenters. The monoisotopic (exact) mass is 380 g/mol. The third-order valence-corrected chi connectivity index (χ3v) is 5.49. The van der Waals surface area contributed by atoms with Crippen LogP contribution < -0.4 is 4.90 Å². The normalized spacial score (nSPS) is 15.2. The van der Waals surface area contributed by atoms with Gasteiger partial charge >= 0.3 is 0 Å². The van der Waals surface area contributed by atoms with Crippen molar-refractivity contribution >= 4 is 5.82 Å². The van der Waals surface area contributed by atoms with Gasteiger partial charge in [0, 0.05) is 69.0 Å². The van der Waals surface area contributed by atoms with E-state index in [-0.39, 0.29) is 5.82 Å². The van der Waals surface area contributed by atoms with Crippen LogP contribution >= 0.6 is 0 Å². The zero-order valence-corrected chi connectivity index (χ0v) is 16.6. The summed E-state index contributed by atoms with van der Waals surface area (Å²) < 4.78 is 15.6. The van der Waals surface area contributed by atoms with Crippen LogP contribution in [0.15, 0.2) is 36.7 Å². The summed E-state index contributed by atoms with van der Waals surface area (Å²) in [6, 6.07) is 6.54. The molecule has 0 bridgehead atoms. The van der Waals surface area contributed by atoms with E-state index >= 15 is 0 Å². The van der Waals surface area contributed by atoms with Crippen molar-refractivity contribution < 1.29 is 4.39 Å². The first kappa shape index (κ1) is 18.6. The zero-order chi connectivity index (χ0) is 19.7. The molecule has 28 heavy (non-hydrogen) atoms. The first-order valence-electron chi connectivity index (χ1n) is 9.56. The van der Waals surface area contributed by atoms with Gasteiger partial charge in [0.1, 0.15) is 11.5 Å². The van der Waals surface area contributed by atoms with E-state index in [0.717, 1.165) is 55.5 Å². The minimum atomic E-state index is -0.263. The Morgan fingerprint density at radius 1 is 1.04 bits per heavy atom. The summed E-state index contributed by atoms with van der Waals surface area (Å²) in [6.45, 7) is 8.70. The Kier molecular flexibility index (Phi) is 5.09. The summed E-state index contributed by atoms with van der Waals surface area (Å²) in [5.41, 5.74) is 5.13. The van der Waals surface area contributed by atoms with E-state index in [0.29, 0.717) is 0 Å². The maximum absolute atomic E-state index is 13.7. The van der Waals surface area contributed by atoms with E-state index < -0.39 is 0 Å². The van der Waals surface area contributed by atoms with E-state index in [2.05, 4.69) is 38.7 Å². The van der Waals surface area contributed by atoms with Crippen molar-refractivity contribution in [3.8, 4) is 11.3 Å². The summed E-state index contributed by atoms with van der Waals surface area (Å²) in [7, 11) is 1.99. The lowest BCUT2D eigenvalue weighted by atomic mass is 10.1. The second-order valence-corrected chi connectivity index (χ2v) is 7.28. The molecule has 4 rings (SSSR count). The number of benzene rings is 1. The molecule has 1 aromatic carbocycles. The fourth-order valence-electron chi connectivity index (χ4n) is 3.79. The van der Waals surface area contributed by atoms with Gasteiger partial charge in [-0.25, -0.2) is 9.37 Å². The van der Waals surface area contributed by atoms with Gasteiger partial charge in [-0.3, -0.25) is 14.6 Å². The standard InChI is InChI=1S/C21H25FN6/c1-15-19(16(2)26(3)25-15)14-27-9-11-28(12-10-27)21-20(23-7-8-24-21)17-5-4-6-18(22)13-17/h4-8,13H,9-12,14H2,1-3H3. The molecule has 3 aromatic rings. The van der Waals surface area contributed by atoms with Crippen molar-refractivity contribution in [1.29, 1.82) is 0 Å². The van der Waals surface area contributed by atoms with Gasteiger partial charge in [-0.05, 0) is 26.0 Å². The van der Waals surface area contributed by atoms with Crippen LogP contribution in [0.25, 0.3) is 11.3 Å². The molecule has 0 radical (unpaired) electrons. The lowest BCUT2D eigenvalue weighted by Gasteiger charge is -2.36. The number of aromatic nitrogens is 4. The molecule has 1 aliphatic rings. The second kappa shape index (κ2) is 7.67. The molecule has 3 heterocycles. The number of halogens is 1. The van der Waals surface area contributed by atoms with Gasteiger partial charge in [0.05, 0.1) is 5.69 Å². The van der Waals surface area contributed by atoms with Crippen LogP contribution in [-0.4, -0.2) is 50.8 Å². The predicted molar refractivity (Wildman–Crippen MR) is 108 cm³/mol. The largest absolute Gasteiger partial charge is 0.352 e. The van der Waals surface area contributed by atoms with Crippen molar-refractivity contribution in [3.05, 3.63) is 59.4 Å². The number of nitrogens with zero attached hydrogens (tertiary/aromatic N) is 6. The highest BCUT2D eigenvalue weighted by Gasteiger charge is 2.23. The van der Waals surface area contributed by atoms with Gasteiger partial charge in [0.15, 0.2) is 5.82 Å². The topological polar surface area (TPSA) is 50.1 Å². The Labute approximate surface area is 164 Å². The minimum Gasteiger partial charge on any atom is -0.352 e. The Hall–Kier alpha value is -2.80. The van der Waals surface area contributed by atoms with Crippen molar-refractivity contribution in [2.75, 3.05) is 31.1 Å². The molecule has 0 N–H and O–H groups in total. The van der Waals surface area contributed by atoms with Crippen LogP contribution in [0, 0.1) is 19.7 Å². The number of rotatable bonds is 4. The highest BCUT2D eigenvalue weighted by atomic mass is 19.1. The molecule has 0 amide bonds. The molecule has 0 aliphatic carbocycles. The Morgan fingerprint density at radius 3 is 2.46 bits per heavy atom. The molecule has 1 saturated heterocycles. The van der Waals surface area contributed by atoms with Crippen molar-refractivity contribution in [2.24, 2.45) is 7.05 Å². The maximum atomic E-state index is 13.7. The number of anilines is 1. The molecule has 1 aliphatic heterocycles. The van der Waals surface area contributed by atoms with Crippen LogP contribution in [0.1, 0.15) is 17.0 Å². The highest BCUT2D eigenvalue weighted by Crippen LogP contribution is 2.28. The van der Waals surface area contributed by atoms with Gasteiger partial charge < -0.3 is 4.90 Å². The second-order valence-electron chi connectivity index (χ2n) is 7.28. The molecular weight excluding hydrogens is 355 g/mol. The zero-order valence-electron chi connectivity index (χ0n) is 16.6. The summed E-state index contributed by atoms with van der Waals surface area (Å²) in [4.78, 5) is 13.7. The van der Waals surface area contributed by atoms with Crippen molar-refractivity contribution in [1.82, 2.24) is 24.6 Å². The number of aryl methyl sites for hydroxylation is 2.